The summed E-state index contributed by atoms with van der Waals surface area (Å²) >= 11 is 0. The molecule has 1 aliphatic carbocycles. The van der Waals surface area contributed by atoms with Gasteiger partial charge in [0.1, 0.15) is 0 Å². The summed E-state index contributed by atoms with van der Waals surface area (Å²) in [5.74, 6) is 0.563. The van der Waals surface area contributed by atoms with E-state index in [-0.39, 0.29) is 0 Å². The van der Waals surface area contributed by atoms with Gasteiger partial charge in [0.15, 0.2) is 0 Å². The van der Waals surface area contributed by atoms with Crippen molar-refractivity contribution in [1.82, 2.24) is 5.32 Å². The summed E-state index contributed by atoms with van der Waals surface area (Å²) in [6.45, 7) is 4.04. The van der Waals surface area contributed by atoms with Crippen molar-refractivity contribution >= 4 is 0 Å². The van der Waals surface area contributed by atoms with E-state index in [0.29, 0.717) is 18.1 Å². The molecular weight excluding hydrogens is 162 g/mol. The van der Waals surface area contributed by atoms with Crippen LogP contribution in [0.5, 0.6) is 0 Å². The molecule has 0 bridgehead atoms. The number of hydrogen-bond acceptors (Lipinski definition) is 2. The van der Waals surface area contributed by atoms with Crippen molar-refractivity contribution < 1.29 is 4.74 Å². The molecular formula is C11H17NO. The van der Waals surface area contributed by atoms with E-state index in [1.165, 1.54) is 0 Å². The Hall–Kier alpha value is -0.600. The van der Waals surface area contributed by atoms with E-state index >= 15 is 0 Å². The van der Waals surface area contributed by atoms with Gasteiger partial charge in [-0.05, 0) is 13.3 Å². The zero-order valence-corrected chi connectivity index (χ0v) is 8.07. The minimum absolute atomic E-state index is 0.356. The van der Waals surface area contributed by atoms with Gasteiger partial charge < -0.3 is 10.1 Å². The lowest BCUT2D eigenvalue weighted by molar-refractivity contribution is -0.0228. The van der Waals surface area contributed by atoms with Crippen molar-refractivity contribution in [2.75, 3.05) is 13.2 Å². The molecule has 0 aromatic heterocycles. The fourth-order valence-electron chi connectivity index (χ4n) is 2.08. The van der Waals surface area contributed by atoms with Crippen LogP contribution in [0.25, 0.3) is 0 Å². The molecule has 0 radical (unpaired) electrons. The van der Waals surface area contributed by atoms with Gasteiger partial charge in [0.25, 0.3) is 0 Å². The van der Waals surface area contributed by atoms with E-state index in [0.717, 1.165) is 19.6 Å². The molecule has 0 aromatic carbocycles. The number of ether oxygens (including phenoxy) is 1. The van der Waals surface area contributed by atoms with Crippen LogP contribution in [0.15, 0.2) is 24.3 Å². The molecule has 2 heteroatoms. The predicted octanol–water partition coefficient (Wildman–Crippen LogP) is 1.50. The highest BCUT2D eigenvalue weighted by Gasteiger charge is 2.27. The molecule has 1 N–H and O–H groups in total. The first kappa shape index (κ1) is 8.97. The average molecular weight is 179 g/mol. The SMILES string of the molecule is C[C@H]1NCCOC1C1C=CC=CC1. The lowest BCUT2D eigenvalue weighted by Crippen LogP contribution is -2.49. The standard InChI is InChI=1S/C11H17NO/c1-9-11(13-8-7-12-9)10-5-3-2-4-6-10/h2-5,9-12H,6-8H2,1H3/t9-,10?,11?/m1/s1. The van der Waals surface area contributed by atoms with Crippen molar-refractivity contribution in [3.8, 4) is 0 Å². The number of rotatable bonds is 1. The highest BCUT2D eigenvalue weighted by atomic mass is 16.5. The first-order chi connectivity index (χ1) is 6.38. The highest BCUT2D eigenvalue weighted by molar-refractivity contribution is 5.13. The Morgan fingerprint density at radius 2 is 2.31 bits per heavy atom. The zero-order valence-electron chi connectivity index (χ0n) is 8.07. The lowest BCUT2D eigenvalue weighted by atomic mass is 9.90. The molecule has 0 aromatic rings. The minimum atomic E-state index is 0.356. The third-order valence-corrected chi connectivity index (χ3v) is 2.81. The zero-order chi connectivity index (χ0) is 9.10. The number of nitrogens with one attached hydrogen (secondary N) is 1. The Kier molecular flexibility index (Phi) is 2.81. The largest absolute Gasteiger partial charge is 0.375 e. The average Bonchev–Trinajstić information content (AvgIpc) is 2.20. The van der Waals surface area contributed by atoms with Crippen molar-refractivity contribution in [3.05, 3.63) is 24.3 Å². The van der Waals surface area contributed by atoms with Gasteiger partial charge in [-0.3, -0.25) is 0 Å². The summed E-state index contributed by atoms with van der Waals surface area (Å²) in [5, 5.41) is 3.45. The second-order valence-electron chi connectivity index (χ2n) is 3.79. The monoisotopic (exact) mass is 179 g/mol. The first-order valence-corrected chi connectivity index (χ1v) is 5.06. The van der Waals surface area contributed by atoms with Crippen LogP contribution in [-0.2, 0) is 4.74 Å². The third-order valence-electron chi connectivity index (χ3n) is 2.81. The summed E-state index contributed by atoms with van der Waals surface area (Å²) in [6.07, 6.45) is 10.2. The van der Waals surface area contributed by atoms with Crippen molar-refractivity contribution in [3.63, 3.8) is 0 Å². The van der Waals surface area contributed by atoms with Crippen LogP contribution in [0.4, 0.5) is 0 Å². The van der Waals surface area contributed by atoms with E-state index < -0.39 is 0 Å². The van der Waals surface area contributed by atoms with Gasteiger partial charge >= 0.3 is 0 Å². The predicted molar refractivity (Wildman–Crippen MR) is 53.6 cm³/mol. The lowest BCUT2D eigenvalue weighted by Gasteiger charge is -2.35. The molecule has 3 atom stereocenters. The molecule has 1 fully saturated rings. The van der Waals surface area contributed by atoms with E-state index in [1.807, 2.05) is 0 Å². The first-order valence-electron chi connectivity index (χ1n) is 5.06. The van der Waals surface area contributed by atoms with Gasteiger partial charge in [-0.2, -0.15) is 0 Å². The van der Waals surface area contributed by atoms with Gasteiger partial charge in [-0.1, -0.05) is 24.3 Å². The second-order valence-corrected chi connectivity index (χ2v) is 3.79. The van der Waals surface area contributed by atoms with Crippen molar-refractivity contribution in [1.29, 1.82) is 0 Å². The van der Waals surface area contributed by atoms with Gasteiger partial charge in [-0.25, -0.2) is 0 Å². The molecule has 2 rings (SSSR count). The van der Waals surface area contributed by atoms with Crippen LogP contribution in [0, 0.1) is 5.92 Å². The van der Waals surface area contributed by atoms with Crippen LogP contribution in [0.3, 0.4) is 0 Å². The van der Waals surface area contributed by atoms with E-state index in [1.54, 1.807) is 0 Å². The summed E-state index contributed by atoms with van der Waals surface area (Å²) in [7, 11) is 0. The van der Waals surface area contributed by atoms with Crippen LogP contribution in [-0.4, -0.2) is 25.3 Å². The van der Waals surface area contributed by atoms with Crippen molar-refractivity contribution in [2.45, 2.75) is 25.5 Å². The molecule has 1 aliphatic heterocycles. The maximum absolute atomic E-state index is 5.78. The van der Waals surface area contributed by atoms with E-state index in [4.69, 9.17) is 4.74 Å². The molecule has 72 valence electrons. The second kappa shape index (κ2) is 4.07. The molecule has 13 heavy (non-hydrogen) atoms. The Balaban J connectivity index is 1.98. The molecule has 2 aliphatic rings. The fraction of sp³-hybridized carbons (Fsp3) is 0.636. The molecule has 1 saturated heterocycles. The van der Waals surface area contributed by atoms with E-state index in [2.05, 4.69) is 36.5 Å². The van der Waals surface area contributed by atoms with Gasteiger partial charge in [0.05, 0.1) is 12.7 Å². The summed E-state index contributed by atoms with van der Waals surface area (Å²) in [6, 6.07) is 0.481. The molecule has 2 nitrogen and oxygen atoms in total. The van der Waals surface area contributed by atoms with Gasteiger partial charge in [-0.15, -0.1) is 0 Å². The van der Waals surface area contributed by atoms with Crippen LogP contribution >= 0.6 is 0 Å². The van der Waals surface area contributed by atoms with Crippen molar-refractivity contribution in [2.24, 2.45) is 5.92 Å². The van der Waals surface area contributed by atoms with Gasteiger partial charge in [0.2, 0.25) is 0 Å². The normalized spacial score (nSPS) is 39.3. The topological polar surface area (TPSA) is 21.3 Å². The quantitative estimate of drug-likeness (QED) is 0.658. The Labute approximate surface area is 79.7 Å². The minimum Gasteiger partial charge on any atom is -0.375 e. The third kappa shape index (κ3) is 2.01. The van der Waals surface area contributed by atoms with Crippen LogP contribution < -0.4 is 5.32 Å². The number of morpholine rings is 1. The number of allylic oxidation sites excluding steroid dienone is 3. The molecule has 2 unspecified atom stereocenters. The maximum Gasteiger partial charge on any atom is 0.0791 e. The summed E-state index contributed by atoms with van der Waals surface area (Å²) in [4.78, 5) is 0. The highest BCUT2D eigenvalue weighted by Crippen LogP contribution is 2.22. The van der Waals surface area contributed by atoms with Crippen LogP contribution in [0.1, 0.15) is 13.3 Å². The number of hydrogen-bond donors (Lipinski definition) is 1. The summed E-state index contributed by atoms with van der Waals surface area (Å²) < 4.78 is 5.78. The Bertz CT molecular complexity index is 222. The summed E-state index contributed by atoms with van der Waals surface area (Å²) in [5.41, 5.74) is 0. The molecule has 0 amide bonds. The Morgan fingerprint density at radius 1 is 1.38 bits per heavy atom. The van der Waals surface area contributed by atoms with E-state index in [9.17, 15) is 0 Å². The van der Waals surface area contributed by atoms with Gasteiger partial charge in [0, 0.05) is 18.5 Å². The molecule has 0 spiro atoms. The molecule has 1 heterocycles. The molecule has 0 saturated carbocycles. The maximum atomic E-state index is 5.78. The fourth-order valence-corrected chi connectivity index (χ4v) is 2.08. The Morgan fingerprint density at radius 3 is 3.00 bits per heavy atom. The smallest absolute Gasteiger partial charge is 0.0791 e. The van der Waals surface area contributed by atoms with Crippen LogP contribution in [0.2, 0.25) is 0 Å².